The van der Waals surface area contributed by atoms with Gasteiger partial charge in [0.15, 0.2) is 0 Å². The van der Waals surface area contributed by atoms with E-state index in [4.69, 9.17) is 0 Å². The van der Waals surface area contributed by atoms with Gasteiger partial charge >= 0.3 is 0 Å². The van der Waals surface area contributed by atoms with Crippen molar-refractivity contribution in [2.24, 2.45) is 5.41 Å². The van der Waals surface area contributed by atoms with Crippen LogP contribution in [0.3, 0.4) is 0 Å². The Labute approximate surface area is 139 Å². The summed E-state index contributed by atoms with van der Waals surface area (Å²) in [6, 6.07) is 5.87. The van der Waals surface area contributed by atoms with Crippen LogP contribution in [0.1, 0.15) is 31.3 Å². The summed E-state index contributed by atoms with van der Waals surface area (Å²) in [4.78, 5) is 27.9. The summed E-state index contributed by atoms with van der Waals surface area (Å²) in [7, 11) is 0. The monoisotopic (exact) mass is 329 g/mol. The number of carbonyl (C=O) groups excluding carboxylic acids is 2. The highest BCUT2D eigenvalue weighted by Crippen LogP contribution is 2.29. The van der Waals surface area contributed by atoms with E-state index in [2.05, 4.69) is 15.6 Å². The van der Waals surface area contributed by atoms with Crippen LogP contribution in [0.25, 0.3) is 11.3 Å². The summed E-state index contributed by atoms with van der Waals surface area (Å²) >= 11 is 1.52. The lowest BCUT2D eigenvalue weighted by Gasteiger charge is -2.16. The van der Waals surface area contributed by atoms with Crippen molar-refractivity contribution in [2.75, 3.05) is 5.32 Å². The molecule has 2 aromatic rings. The number of benzene rings is 1. The number of nitrogens with one attached hydrogen (secondary N) is 2. The SMILES string of the molecule is CC(C)(C)C(=O)NCc1nc(-c2ccc3c(c2)CC(=O)N3)cs1. The molecule has 0 saturated carbocycles. The first-order valence-corrected chi connectivity index (χ1v) is 8.37. The fraction of sp³-hybridized carbons (Fsp3) is 0.353. The highest BCUT2D eigenvalue weighted by molar-refractivity contribution is 7.09. The van der Waals surface area contributed by atoms with Gasteiger partial charge in [0.2, 0.25) is 11.8 Å². The van der Waals surface area contributed by atoms with Gasteiger partial charge in [-0.25, -0.2) is 4.98 Å². The Morgan fingerprint density at radius 3 is 2.91 bits per heavy atom. The maximum absolute atomic E-state index is 11.9. The molecule has 0 aliphatic carbocycles. The highest BCUT2D eigenvalue weighted by atomic mass is 32.1. The van der Waals surface area contributed by atoms with Gasteiger partial charge in [0, 0.05) is 22.0 Å². The van der Waals surface area contributed by atoms with Crippen molar-refractivity contribution in [3.05, 3.63) is 34.2 Å². The summed E-state index contributed by atoms with van der Waals surface area (Å²) < 4.78 is 0. The maximum Gasteiger partial charge on any atom is 0.228 e. The molecule has 2 heterocycles. The van der Waals surface area contributed by atoms with Crippen LogP contribution in [0.4, 0.5) is 5.69 Å². The Kier molecular flexibility index (Phi) is 3.93. The van der Waals surface area contributed by atoms with Gasteiger partial charge in [-0.15, -0.1) is 11.3 Å². The minimum absolute atomic E-state index is 0.0105. The molecular weight excluding hydrogens is 310 g/mol. The minimum atomic E-state index is -0.403. The fourth-order valence-electron chi connectivity index (χ4n) is 2.33. The Balaban J connectivity index is 1.72. The molecule has 5 nitrogen and oxygen atoms in total. The first-order valence-electron chi connectivity index (χ1n) is 7.49. The number of fused-ring (bicyclic) bond motifs is 1. The average Bonchev–Trinajstić information content (AvgIpc) is 3.07. The van der Waals surface area contributed by atoms with E-state index in [1.54, 1.807) is 0 Å². The number of rotatable bonds is 3. The zero-order valence-electron chi connectivity index (χ0n) is 13.4. The van der Waals surface area contributed by atoms with Crippen molar-refractivity contribution in [1.82, 2.24) is 10.3 Å². The summed E-state index contributed by atoms with van der Waals surface area (Å²) in [5.74, 6) is 0.0392. The molecule has 0 saturated heterocycles. The van der Waals surface area contributed by atoms with Crippen molar-refractivity contribution in [3.63, 3.8) is 0 Å². The normalized spacial score (nSPS) is 13.6. The van der Waals surface area contributed by atoms with Gasteiger partial charge in [-0.2, -0.15) is 0 Å². The third-order valence-corrected chi connectivity index (χ3v) is 4.51. The Morgan fingerprint density at radius 1 is 1.39 bits per heavy atom. The third-order valence-electron chi connectivity index (χ3n) is 3.66. The molecule has 0 spiro atoms. The molecule has 120 valence electrons. The molecule has 0 fully saturated rings. The van der Waals surface area contributed by atoms with Crippen molar-refractivity contribution >= 4 is 28.8 Å². The second-order valence-electron chi connectivity index (χ2n) is 6.66. The molecule has 2 amide bonds. The number of hydrogen-bond donors (Lipinski definition) is 2. The smallest absolute Gasteiger partial charge is 0.228 e. The first kappa shape index (κ1) is 15.7. The molecule has 0 bridgehead atoms. The lowest BCUT2D eigenvalue weighted by atomic mass is 9.96. The van der Waals surface area contributed by atoms with Crippen LogP contribution in [0.15, 0.2) is 23.6 Å². The maximum atomic E-state index is 11.9. The number of thiazole rings is 1. The van der Waals surface area contributed by atoms with E-state index in [0.717, 1.165) is 27.5 Å². The van der Waals surface area contributed by atoms with E-state index in [-0.39, 0.29) is 11.8 Å². The molecule has 6 heteroatoms. The van der Waals surface area contributed by atoms with Gasteiger partial charge in [-0.1, -0.05) is 26.8 Å². The molecule has 1 aromatic heterocycles. The molecule has 23 heavy (non-hydrogen) atoms. The topological polar surface area (TPSA) is 71.1 Å². The van der Waals surface area contributed by atoms with Crippen molar-refractivity contribution < 1.29 is 9.59 Å². The highest BCUT2D eigenvalue weighted by Gasteiger charge is 2.21. The van der Waals surface area contributed by atoms with Crippen molar-refractivity contribution in [3.8, 4) is 11.3 Å². The van der Waals surface area contributed by atoms with Gasteiger partial charge in [0.1, 0.15) is 5.01 Å². The van der Waals surface area contributed by atoms with E-state index in [9.17, 15) is 9.59 Å². The first-order chi connectivity index (χ1) is 10.8. The molecule has 1 aliphatic heterocycles. The van der Waals surface area contributed by atoms with Crippen LogP contribution in [0, 0.1) is 5.41 Å². The predicted octanol–water partition coefficient (Wildman–Crippen LogP) is 2.97. The Hall–Kier alpha value is -2.21. The molecule has 3 rings (SSSR count). The number of nitrogens with zero attached hydrogens (tertiary/aromatic N) is 1. The van der Waals surface area contributed by atoms with Crippen LogP contribution >= 0.6 is 11.3 Å². The minimum Gasteiger partial charge on any atom is -0.349 e. The molecule has 0 radical (unpaired) electrons. The van der Waals surface area contributed by atoms with E-state index in [0.29, 0.717) is 13.0 Å². The van der Waals surface area contributed by atoms with Gasteiger partial charge in [0.25, 0.3) is 0 Å². The quantitative estimate of drug-likeness (QED) is 0.909. The Morgan fingerprint density at radius 2 is 2.17 bits per heavy atom. The zero-order valence-corrected chi connectivity index (χ0v) is 14.2. The number of aromatic nitrogens is 1. The predicted molar refractivity (Wildman–Crippen MR) is 91.2 cm³/mol. The molecule has 1 aliphatic rings. The fourth-order valence-corrected chi connectivity index (χ4v) is 3.08. The number of carbonyl (C=O) groups is 2. The van der Waals surface area contributed by atoms with E-state index < -0.39 is 5.41 Å². The summed E-state index contributed by atoms with van der Waals surface area (Å²) in [5.41, 5.74) is 3.34. The van der Waals surface area contributed by atoms with E-state index in [1.807, 2.05) is 44.4 Å². The lowest BCUT2D eigenvalue weighted by molar-refractivity contribution is -0.128. The second-order valence-corrected chi connectivity index (χ2v) is 7.60. The molecule has 0 unspecified atom stereocenters. The number of anilines is 1. The van der Waals surface area contributed by atoms with Crippen molar-refractivity contribution in [1.29, 1.82) is 0 Å². The molecule has 0 atom stereocenters. The van der Waals surface area contributed by atoms with Gasteiger partial charge in [0.05, 0.1) is 18.7 Å². The van der Waals surface area contributed by atoms with E-state index in [1.165, 1.54) is 11.3 Å². The van der Waals surface area contributed by atoms with Crippen LogP contribution in [-0.4, -0.2) is 16.8 Å². The van der Waals surface area contributed by atoms with E-state index >= 15 is 0 Å². The third kappa shape index (κ3) is 3.42. The van der Waals surface area contributed by atoms with Gasteiger partial charge in [-0.05, 0) is 17.7 Å². The van der Waals surface area contributed by atoms with Crippen LogP contribution in [-0.2, 0) is 22.6 Å². The average molecular weight is 329 g/mol. The molecule has 2 N–H and O–H groups in total. The van der Waals surface area contributed by atoms with Crippen LogP contribution in [0.2, 0.25) is 0 Å². The van der Waals surface area contributed by atoms with Crippen LogP contribution < -0.4 is 10.6 Å². The lowest BCUT2D eigenvalue weighted by Crippen LogP contribution is -2.34. The Bertz CT molecular complexity index is 774. The molecular formula is C17H19N3O2S. The summed E-state index contributed by atoms with van der Waals surface area (Å²) in [5, 5.41) is 8.57. The number of amides is 2. The van der Waals surface area contributed by atoms with Gasteiger partial charge < -0.3 is 10.6 Å². The zero-order chi connectivity index (χ0) is 16.6. The standard InChI is InChI=1S/C17H19N3O2S/c1-17(2,3)16(22)18-8-15-20-13(9-23-15)10-4-5-12-11(6-10)7-14(21)19-12/h4-6,9H,7-8H2,1-3H3,(H,18,22)(H,19,21). The summed E-state index contributed by atoms with van der Waals surface area (Å²) in [6.45, 7) is 6.09. The molecule has 1 aromatic carbocycles. The number of hydrogen-bond acceptors (Lipinski definition) is 4. The van der Waals surface area contributed by atoms with Crippen molar-refractivity contribution in [2.45, 2.75) is 33.7 Å². The summed E-state index contributed by atoms with van der Waals surface area (Å²) in [6.07, 6.45) is 0.418. The largest absolute Gasteiger partial charge is 0.349 e. The van der Waals surface area contributed by atoms with Gasteiger partial charge in [-0.3, -0.25) is 9.59 Å². The van der Waals surface area contributed by atoms with Crippen LogP contribution in [0.5, 0.6) is 0 Å². The second kappa shape index (κ2) is 5.77.